The molecule has 0 N–H and O–H groups in total. The molecule has 0 saturated carbocycles. The second-order valence-corrected chi connectivity index (χ2v) is 6.84. The van der Waals surface area contributed by atoms with Crippen LogP contribution in [0.25, 0.3) is 0 Å². The van der Waals surface area contributed by atoms with E-state index in [1.165, 1.54) is 16.7 Å². The van der Waals surface area contributed by atoms with Crippen LogP contribution in [-0.2, 0) is 12.8 Å². The highest BCUT2D eigenvalue weighted by Gasteiger charge is 2.20. The van der Waals surface area contributed by atoms with E-state index >= 15 is 0 Å². The monoisotopic (exact) mass is 350 g/mol. The molecule has 1 aliphatic rings. The molecule has 0 aromatic heterocycles. The summed E-state index contributed by atoms with van der Waals surface area (Å²) < 4.78 is 5.74. The van der Waals surface area contributed by atoms with Crippen molar-refractivity contribution in [3.63, 3.8) is 0 Å². The zero-order chi connectivity index (χ0) is 14.1. The SMILES string of the molecule is CC1Cc2cc(C(Br)Cc3ccc(Cl)cc3)ccc2O1. The van der Waals surface area contributed by atoms with E-state index in [9.17, 15) is 0 Å². The largest absolute Gasteiger partial charge is 0.490 e. The minimum Gasteiger partial charge on any atom is -0.490 e. The highest BCUT2D eigenvalue weighted by Crippen LogP contribution is 2.34. The van der Waals surface area contributed by atoms with Gasteiger partial charge in [0.1, 0.15) is 11.9 Å². The van der Waals surface area contributed by atoms with Crippen LogP contribution >= 0.6 is 27.5 Å². The Balaban J connectivity index is 1.76. The molecule has 0 aliphatic carbocycles. The number of halogens is 2. The molecule has 1 nitrogen and oxygen atoms in total. The molecular weight excluding hydrogens is 336 g/mol. The lowest BCUT2D eigenvalue weighted by molar-refractivity contribution is 0.254. The molecule has 0 radical (unpaired) electrons. The number of benzene rings is 2. The van der Waals surface area contributed by atoms with Gasteiger partial charge in [0.05, 0.1) is 0 Å². The summed E-state index contributed by atoms with van der Waals surface area (Å²) in [6.45, 7) is 2.11. The summed E-state index contributed by atoms with van der Waals surface area (Å²) in [6.07, 6.45) is 2.25. The Morgan fingerprint density at radius 3 is 2.75 bits per heavy atom. The van der Waals surface area contributed by atoms with Gasteiger partial charge in [0, 0.05) is 16.3 Å². The molecule has 2 aromatic rings. The lowest BCUT2D eigenvalue weighted by atomic mass is 10.0. The minimum absolute atomic E-state index is 0.297. The number of fused-ring (bicyclic) bond motifs is 1. The van der Waals surface area contributed by atoms with Crippen LogP contribution in [0.5, 0.6) is 5.75 Å². The first-order valence-corrected chi connectivity index (χ1v) is 8.09. The van der Waals surface area contributed by atoms with E-state index in [0.717, 1.165) is 23.6 Å². The fraction of sp³-hybridized carbons (Fsp3) is 0.294. The molecule has 0 bridgehead atoms. The molecule has 0 amide bonds. The maximum absolute atomic E-state index is 5.92. The van der Waals surface area contributed by atoms with Gasteiger partial charge in [-0.3, -0.25) is 0 Å². The summed E-state index contributed by atoms with van der Waals surface area (Å²) in [7, 11) is 0. The highest BCUT2D eigenvalue weighted by molar-refractivity contribution is 9.09. The quantitative estimate of drug-likeness (QED) is 0.678. The van der Waals surface area contributed by atoms with Gasteiger partial charge in [-0.25, -0.2) is 0 Å². The van der Waals surface area contributed by atoms with E-state index in [1.807, 2.05) is 12.1 Å². The molecule has 2 aromatic carbocycles. The van der Waals surface area contributed by atoms with Crippen LogP contribution < -0.4 is 4.74 Å². The van der Waals surface area contributed by atoms with Gasteiger partial charge in [-0.05, 0) is 48.2 Å². The Kier molecular flexibility index (Phi) is 4.04. The van der Waals surface area contributed by atoms with Crippen molar-refractivity contribution in [2.75, 3.05) is 0 Å². The topological polar surface area (TPSA) is 9.23 Å². The number of rotatable bonds is 3. The van der Waals surface area contributed by atoms with E-state index < -0.39 is 0 Å². The molecule has 104 valence electrons. The summed E-state index contributed by atoms with van der Waals surface area (Å²) in [6, 6.07) is 14.5. The molecule has 1 aliphatic heterocycles. The smallest absolute Gasteiger partial charge is 0.123 e. The summed E-state index contributed by atoms with van der Waals surface area (Å²) in [5, 5.41) is 0.781. The molecule has 2 unspecified atom stereocenters. The fourth-order valence-electron chi connectivity index (χ4n) is 2.58. The van der Waals surface area contributed by atoms with Gasteiger partial charge in [0.25, 0.3) is 0 Å². The Morgan fingerprint density at radius 1 is 1.25 bits per heavy atom. The second kappa shape index (κ2) is 5.79. The third-order valence-corrected chi connectivity index (χ3v) is 4.71. The zero-order valence-corrected chi connectivity index (χ0v) is 13.6. The Bertz CT molecular complexity index is 609. The van der Waals surface area contributed by atoms with E-state index in [1.54, 1.807) is 0 Å². The zero-order valence-electron chi connectivity index (χ0n) is 11.3. The van der Waals surface area contributed by atoms with Crippen molar-refractivity contribution in [2.24, 2.45) is 0 Å². The molecular formula is C17H16BrClO. The average molecular weight is 352 g/mol. The van der Waals surface area contributed by atoms with Gasteiger partial charge in [0.2, 0.25) is 0 Å². The summed E-state index contributed by atoms with van der Waals surface area (Å²) in [5.41, 5.74) is 3.90. The number of hydrogen-bond donors (Lipinski definition) is 0. The lowest BCUT2D eigenvalue weighted by Gasteiger charge is -2.12. The van der Waals surface area contributed by atoms with Crippen LogP contribution in [0.2, 0.25) is 5.02 Å². The number of ether oxygens (including phenoxy) is 1. The maximum Gasteiger partial charge on any atom is 0.123 e. The normalized spacial score (nSPS) is 18.4. The molecule has 0 fully saturated rings. The van der Waals surface area contributed by atoms with E-state index in [-0.39, 0.29) is 0 Å². The van der Waals surface area contributed by atoms with Crippen LogP contribution in [0.1, 0.15) is 28.4 Å². The first-order chi connectivity index (χ1) is 9.61. The van der Waals surface area contributed by atoms with Crippen molar-refractivity contribution in [2.45, 2.75) is 30.7 Å². The average Bonchev–Trinajstić information content (AvgIpc) is 2.80. The van der Waals surface area contributed by atoms with Crippen LogP contribution in [0, 0.1) is 0 Å². The maximum atomic E-state index is 5.92. The first-order valence-electron chi connectivity index (χ1n) is 6.80. The van der Waals surface area contributed by atoms with Crippen molar-refractivity contribution in [3.05, 3.63) is 64.2 Å². The Labute approximate surface area is 133 Å². The van der Waals surface area contributed by atoms with Gasteiger partial charge < -0.3 is 4.74 Å². The summed E-state index contributed by atoms with van der Waals surface area (Å²) >= 11 is 9.71. The predicted molar refractivity (Wildman–Crippen MR) is 87.1 cm³/mol. The minimum atomic E-state index is 0.297. The number of alkyl halides is 1. The van der Waals surface area contributed by atoms with Crippen LogP contribution in [-0.4, -0.2) is 6.10 Å². The molecule has 3 rings (SSSR count). The highest BCUT2D eigenvalue weighted by atomic mass is 79.9. The van der Waals surface area contributed by atoms with Crippen molar-refractivity contribution in [1.29, 1.82) is 0 Å². The Hall–Kier alpha value is -0.990. The Morgan fingerprint density at radius 2 is 2.00 bits per heavy atom. The van der Waals surface area contributed by atoms with Crippen molar-refractivity contribution < 1.29 is 4.74 Å². The van der Waals surface area contributed by atoms with Crippen LogP contribution in [0.4, 0.5) is 0 Å². The summed E-state index contributed by atoms with van der Waals surface area (Å²) in [5.74, 6) is 1.03. The number of hydrogen-bond acceptors (Lipinski definition) is 1. The first kappa shape index (κ1) is 14.0. The third-order valence-electron chi connectivity index (χ3n) is 3.61. The van der Waals surface area contributed by atoms with E-state index in [4.69, 9.17) is 16.3 Å². The van der Waals surface area contributed by atoms with E-state index in [2.05, 4.69) is 53.2 Å². The van der Waals surface area contributed by atoms with Crippen molar-refractivity contribution >= 4 is 27.5 Å². The molecule has 1 heterocycles. The van der Waals surface area contributed by atoms with Crippen molar-refractivity contribution in [3.8, 4) is 5.75 Å². The third kappa shape index (κ3) is 3.02. The second-order valence-electron chi connectivity index (χ2n) is 5.30. The van der Waals surface area contributed by atoms with E-state index in [0.29, 0.717) is 10.9 Å². The van der Waals surface area contributed by atoms with Crippen LogP contribution in [0.15, 0.2) is 42.5 Å². The molecule has 0 saturated heterocycles. The molecule has 3 heteroatoms. The van der Waals surface area contributed by atoms with Gasteiger partial charge in [-0.1, -0.05) is 51.8 Å². The van der Waals surface area contributed by atoms with Crippen LogP contribution in [0.3, 0.4) is 0 Å². The van der Waals surface area contributed by atoms with Gasteiger partial charge in [-0.15, -0.1) is 0 Å². The lowest BCUT2D eigenvalue weighted by Crippen LogP contribution is -2.05. The van der Waals surface area contributed by atoms with Crippen molar-refractivity contribution in [1.82, 2.24) is 0 Å². The van der Waals surface area contributed by atoms with Gasteiger partial charge in [-0.2, -0.15) is 0 Å². The predicted octanol–water partition coefficient (Wildman–Crippen LogP) is 5.34. The standard InChI is InChI=1S/C17H16BrClO/c1-11-8-14-10-13(4-7-17(14)20-11)16(18)9-12-2-5-15(19)6-3-12/h2-7,10-11,16H,8-9H2,1H3. The van der Waals surface area contributed by atoms with Gasteiger partial charge in [0.15, 0.2) is 0 Å². The van der Waals surface area contributed by atoms with Gasteiger partial charge >= 0.3 is 0 Å². The molecule has 0 spiro atoms. The molecule has 20 heavy (non-hydrogen) atoms. The fourth-order valence-corrected chi connectivity index (χ4v) is 3.37. The molecule has 2 atom stereocenters. The summed E-state index contributed by atoms with van der Waals surface area (Å²) in [4.78, 5) is 0.310.